The quantitative estimate of drug-likeness (QED) is 0.475. The number of unbranched alkanes of at least 4 members (excludes halogenated alkanes) is 1. The zero-order valence-electron chi connectivity index (χ0n) is 13.1. The molecule has 3 nitrogen and oxygen atoms in total. The molecule has 0 fully saturated rings. The molecule has 0 aliphatic heterocycles. The standard InChI is InChI=1S/C16H27N3S/c1-14-7-9-15(10-8-14)13-19(3)16(17-2)18-11-5-6-12-20-4/h7-10H,5-6,11-13H2,1-4H3,(H,17,18). The fraction of sp³-hybridized carbons (Fsp3) is 0.562. The number of aliphatic imine (C=N–C) groups is 1. The molecule has 0 bridgehead atoms. The van der Waals surface area contributed by atoms with Crippen molar-refractivity contribution in [3.05, 3.63) is 35.4 Å². The van der Waals surface area contributed by atoms with Crippen molar-refractivity contribution in [2.45, 2.75) is 26.3 Å². The Kier molecular flexibility index (Phi) is 8.19. The number of nitrogens with zero attached hydrogens (tertiary/aromatic N) is 2. The Morgan fingerprint density at radius 1 is 1.25 bits per heavy atom. The first-order valence-electron chi connectivity index (χ1n) is 7.13. The smallest absolute Gasteiger partial charge is 0.193 e. The van der Waals surface area contributed by atoms with E-state index < -0.39 is 0 Å². The third-order valence-corrected chi connectivity index (χ3v) is 3.87. The fourth-order valence-corrected chi connectivity index (χ4v) is 2.49. The van der Waals surface area contributed by atoms with Crippen LogP contribution in [-0.2, 0) is 6.54 Å². The minimum atomic E-state index is 0.880. The first-order valence-corrected chi connectivity index (χ1v) is 8.53. The molecule has 0 unspecified atom stereocenters. The maximum Gasteiger partial charge on any atom is 0.193 e. The van der Waals surface area contributed by atoms with Crippen LogP contribution in [0, 0.1) is 6.92 Å². The van der Waals surface area contributed by atoms with Crippen LogP contribution < -0.4 is 5.32 Å². The average Bonchev–Trinajstić information content (AvgIpc) is 2.45. The fourth-order valence-electron chi connectivity index (χ4n) is 2.00. The lowest BCUT2D eigenvalue weighted by Gasteiger charge is -2.22. The molecule has 1 N–H and O–H groups in total. The first-order chi connectivity index (χ1) is 9.67. The van der Waals surface area contributed by atoms with Crippen LogP contribution in [0.4, 0.5) is 0 Å². The van der Waals surface area contributed by atoms with Gasteiger partial charge >= 0.3 is 0 Å². The molecule has 0 aliphatic rings. The van der Waals surface area contributed by atoms with Gasteiger partial charge in [0, 0.05) is 27.2 Å². The molecule has 4 heteroatoms. The summed E-state index contributed by atoms with van der Waals surface area (Å²) < 4.78 is 0. The molecule has 0 heterocycles. The van der Waals surface area contributed by atoms with E-state index in [1.54, 1.807) is 0 Å². The number of hydrogen-bond donors (Lipinski definition) is 1. The minimum absolute atomic E-state index is 0.880. The van der Waals surface area contributed by atoms with E-state index in [2.05, 4.69) is 59.7 Å². The van der Waals surface area contributed by atoms with Gasteiger partial charge in [-0.2, -0.15) is 11.8 Å². The molecular weight excluding hydrogens is 266 g/mol. The number of benzene rings is 1. The van der Waals surface area contributed by atoms with Gasteiger partial charge in [-0.25, -0.2) is 0 Å². The molecule has 0 saturated carbocycles. The van der Waals surface area contributed by atoms with Crippen LogP contribution in [-0.4, -0.2) is 43.5 Å². The molecule has 0 saturated heterocycles. The summed E-state index contributed by atoms with van der Waals surface area (Å²) in [4.78, 5) is 6.51. The summed E-state index contributed by atoms with van der Waals surface area (Å²) in [5, 5.41) is 3.43. The second-order valence-corrected chi connectivity index (χ2v) is 6.00. The Hall–Kier alpha value is -1.16. The monoisotopic (exact) mass is 293 g/mol. The number of thioether (sulfide) groups is 1. The van der Waals surface area contributed by atoms with Gasteiger partial charge in [-0.1, -0.05) is 29.8 Å². The number of nitrogens with one attached hydrogen (secondary N) is 1. The second kappa shape index (κ2) is 9.70. The van der Waals surface area contributed by atoms with Gasteiger partial charge < -0.3 is 10.2 Å². The Labute approximate surface area is 127 Å². The zero-order valence-corrected chi connectivity index (χ0v) is 14.0. The summed E-state index contributed by atoms with van der Waals surface area (Å²) in [7, 11) is 3.92. The van der Waals surface area contributed by atoms with Crippen LogP contribution >= 0.6 is 11.8 Å². The summed E-state index contributed by atoms with van der Waals surface area (Å²) in [6.45, 7) is 3.98. The average molecular weight is 293 g/mol. The van der Waals surface area contributed by atoms with Gasteiger partial charge in [0.2, 0.25) is 0 Å². The van der Waals surface area contributed by atoms with E-state index in [1.807, 2.05) is 18.8 Å². The molecule has 1 rings (SSSR count). The molecule has 0 aliphatic carbocycles. The summed E-state index contributed by atoms with van der Waals surface area (Å²) in [5.41, 5.74) is 2.61. The molecule has 0 aromatic heterocycles. The van der Waals surface area contributed by atoms with Gasteiger partial charge in [-0.05, 0) is 37.3 Å². The van der Waals surface area contributed by atoms with E-state index in [0.717, 1.165) is 19.0 Å². The minimum Gasteiger partial charge on any atom is -0.356 e. The summed E-state index contributed by atoms with van der Waals surface area (Å²) >= 11 is 1.91. The SMILES string of the molecule is CN=C(NCCCCSC)N(C)Cc1ccc(C)cc1. The highest BCUT2D eigenvalue weighted by atomic mass is 32.2. The number of rotatable bonds is 7. The van der Waals surface area contributed by atoms with E-state index in [9.17, 15) is 0 Å². The molecule has 0 amide bonds. The molecule has 0 spiro atoms. The maximum atomic E-state index is 4.35. The third kappa shape index (κ3) is 6.33. The van der Waals surface area contributed by atoms with E-state index >= 15 is 0 Å². The van der Waals surface area contributed by atoms with Crippen molar-refractivity contribution in [3.63, 3.8) is 0 Å². The third-order valence-electron chi connectivity index (χ3n) is 3.17. The molecule has 0 atom stereocenters. The van der Waals surface area contributed by atoms with Crippen LogP contribution in [0.25, 0.3) is 0 Å². The second-order valence-electron chi connectivity index (χ2n) is 5.02. The predicted octanol–water partition coefficient (Wildman–Crippen LogP) is 3.15. The lowest BCUT2D eigenvalue weighted by Crippen LogP contribution is -2.38. The maximum absolute atomic E-state index is 4.35. The summed E-state index contributed by atoms with van der Waals surface area (Å²) in [5.74, 6) is 2.20. The van der Waals surface area contributed by atoms with Crippen molar-refractivity contribution in [3.8, 4) is 0 Å². The highest BCUT2D eigenvalue weighted by Crippen LogP contribution is 2.06. The Morgan fingerprint density at radius 2 is 1.95 bits per heavy atom. The predicted molar refractivity (Wildman–Crippen MR) is 91.6 cm³/mol. The van der Waals surface area contributed by atoms with Crippen molar-refractivity contribution >= 4 is 17.7 Å². The number of aryl methyl sites for hydroxylation is 1. The normalized spacial score (nSPS) is 11.5. The van der Waals surface area contributed by atoms with Crippen molar-refractivity contribution in [1.82, 2.24) is 10.2 Å². The Bertz CT molecular complexity index is 401. The number of guanidine groups is 1. The highest BCUT2D eigenvalue weighted by Gasteiger charge is 2.05. The largest absolute Gasteiger partial charge is 0.356 e. The van der Waals surface area contributed by atoms with Crippen LogP contribution in [0.5, 0.6) is 0 Å². The van der Waals surface area contributed by atoms with Gasteiger partial charge in [0.05, 0.1) is 0 Å². The first kappa shape index (κ1) is 16.9. The summed E-state index contributed by atoms with van der Waals surface area (Å²) in [6, 6.07) is 8.67. The molecule has 0 radical (unpaired) electrons. The highest BCUT2D eigenvalue weighted by molar-refractivity contribution is 7.98. The zero-order chi connectivity index (χ0) is 14.8. The van der Waals surface area contributed by atoms with Crippen LogP contribution in [0.3, 0.4) is 0 Å². The number of hydrogen-bond acceptors (Lipinski definition) is 2. The Balaban J connectivity index is 2.38. The van der Waals surface area contributed by atoms with Crippen LogP contribution in [0.15, 0.2) is 29.3 Å². The van der Waals surface area contributed by atoms with Gasteiger partial charge in [-0.3, -0.25) is 4.99 Å². The van der Waals surface area contributed by atoms with E-state index in [4.69, 9.17) is 0 Å². The van der Waals surface area contributed by atoms with Gasteiger partial charge in [0.1, 0.15) is 0 Å². The van der Waals surface area contributed by atoms with Gasteiger partial charge in [0.25, 0.3) is 0 Å². The van der Waals surface area contributed by atoms with Crippen molar-refractivity contribution in [2.75, 3.05) is 32.6 Å². The molecule has 112 valence electrons. The van der Waals surface area contributed by atoms with Crippen molar-refractivity contribution in [1.29, 1.82) is 0 Å². The molecule has 1 aromatic rings. The van der Waals surface area contributed by atoms with Crippen LogP contribution in [0.2, 0.25) is 0 Å². The topological polar surface area (TPSA) is 27.6 Å². The molecular formula is C16H27N3S. The van der Waals surface area contributed by atoms with Crippen molar-refractivity contribution in [2.24, 2.45) is 4.99 Å². The van der Waals surface area contributed by atoms with E-state index in [-0.39, 0.29) is 0 Å². The lowest BCUT2D eigenvalue weighted by atomic mass is 10.1. The Morgan fingerprint density at radius 3 is 2.55 bits per heavy atom. The summed E-state index contributed by atoms with van der Waals surface area (Å²) in [6.07, 6.45) is 4.60. The van der Waals surface area contributed by atoms with Crippen LogP contribution in [0.1, 0.15) is 24.0 Å². The molecule has 1 aromatic carbocycles. The van der Waals surface area contributed by atoms with Gasteiger partial charge in [0.15, 0.2) is 5.96 Å². The lowest BCUT2D eigenvalue weighted by molar-refractivity contribution is 0.475. The van der Waals surface area contributed by atoms with E-state index in [0.29, 0.717) is 0 Å². The van der Waals surface area contributed by atoms with Gasteiger partial charge in [-0.15, -0.1) is 0 Å². The van der Waals surface area contributed by atoms with E-state index in [1.165, 1.54) is 29.7 Å². The molecule has 20 heavy (non-hydrogen) atoms. The van der Waals surface area contributed by atoms with Crippen molar-refractivity contribution < 1.29 is 0 Å².